The largest absolute Gasteiger partial charge is 0.250 e. The van der Waals surface area contributed by atoms with Gasteiger partial charge in [0, 0.05) is 18.3 Å². The van der Waals surface area contributed by atoms with Gasteiger partial charge >= 0.3 is 0 Å². The third kappa shape index (κ3) is 3.93. The molecule has 0 bridgehead atoms. The Morgan fingerprint density at radius 2 is 2.13 bits per heavy atom. The van der Waals surface area contributed by atoms with E-state index in [9.17, 15) is 0 Å². The van der Waals surface area contributed by atoms with Crippen LogP contribution in [0.4, 0.5) is 0 Å². The minimum absolute atomic E-state index is 0.238. The molecule has 0 N–H and O–H groups in total. The Morgan fingerprint density at radius 3 is 2.67 bits per heavy atom. The van der Waals surface area contributed by atoms with E-state index in [1.54, 1.807) is 6.33 Å². The van der Waals surface area contributed by atoms with Crippen LogP contribution >= 0.6 is 15.9 Å². The monoisotopic (exact) mass is 273 g/mol. The van der Waals surface area contributed by atoms with E-state index in [1.165, 1.54) is 0 Å². The van der Waals surface area contributed by atoms with E-state index < -0.39 is 0 Å². The quantitative estimate of drug-likeness (QED) is 0.773. The summed E-state index contributed by atoms with van der Waals surface area (Å²) in [7, 11) is 0. The van der Waals surface area contributed by atoms with E-state index in [2.05, 4.69) is 53.7 Å². The fourth-order valence-electron chi connectivity index (χ4n) is 1.40. The first-order valence-corrected chi connectivity index (χ1v) is 6.49. The van der Waals surface area contributed by atoms with E-state index in [-0.39, 0.29) is 5.41 Å². The van der Waals surface area contributed by atoms with Crippen LogP contribution in [-0.2, 0) is 13.0 Å². The Balaban J connectivity index is 2.73. The average Bonchev–Trinajstić information content (AvgIpc) is 2.51. The molecular formula is C11H20BrN3. The zero-order valence-electron chi connectivity index (χ0n) is 10.00. The SMILES string of the molecule is CC(C)Cn1ncnc1CC(C)(C)CBr. The van der Waals surface area contributed by atoms with Gasteiger partial charge in [0.2, 0.25) is 0 Å². The molecule has 0 spiro atoms. The predicted molar refractivity (Wildman–Crippen MR) is 66.1 cm³/mol. The summed E-state index contributed by atoms with van der Waals surface area (Å²) in [6.45, 7) is 9.81. The molecule has 0 fully saturated rings. The van der Waals surface area contributed by atoms with E-state index >= 15 is 0 Å². The van der Waals surface area contributed by atoms with E-state index in [0.29, 0.717) is 5.92 Å². The second kappa shape index (κ2) is 5.10. The number of halogens is 1. The first kappa shape index (κ1) is 12.7. The van der Waals surface area contributed by atoms with Crippen LogP contribution in [0.2, 0.25) is 0 Å². The molecule has 86 valence electrons. The standard InChI is InChI=1S/C11H20BrN3/c1-9(2)6-15-10(13-8-14-15)5-11(3,4)7-12/h8-9H,5-7H2,1-4H3. The lowest BCUT2D eigenvalue weighted by Gasteiger charge is -2.21. The smallest absolute Gasteiger partial charge is 0.138 e. The van der Waals surface area contributed by atoms with Crippen LogP contribution in [0.15, 0.2) is 6.33 Å². The molecular weight excluding hydrogens is 254 g/mol. The van der Waals surface area contributed by atoms with Gasteiger partial charge in [0.25, 0.3) is 0 Å². The molecule has 0 amide bonds. The molecule has 0 radical (unpaired) electrons. The lowest BCUT2D eigenvalue weighted by Crippen LogP contribution is -2.21. The van der Waals surface area contributed by atoms with Crippen molar-refractivity contribution in [3.63, 3.8) is 0 Å². The second-order valence-electron chi connectivity index (χ2n) is 5.23. The first-order chi connectivity index (χ1) is 6.94. The lowest BCUT2D eigenvalue weighted by atomic mass is 9.92. The molecule has 0 aliphatic rings. The minimum Gasteiger partial charge on any atom is -0.250 e. The zero-order valence-corrected chi connectivity index (χ0v) is 11.6. The molecule has 4 heteroatoms. The highest BCUT2D eigenvalue weighted by Crippen LogP contribution is 2.23. The van der Waals surface area contributed by atoms with Crippen molar-refractivity contribution in [3.05, 3.63) is 12.2 Å². The van der Waals surface area contributed by atoms with Crippen molar-refractivity contribution in [2.24, 2.45) is 11.3 Å². The van der Waals surface area contributed by atoms with Crippen LogP contribution in [0.25, 0.3) is 0 Å². The predicted octanol–water partition coefficient (Wildman–Crippen LogP) is 2.90. The highest BCUT2D eigenvalue weighted by Gasteiger charge is 2.20. The third-order valence-corrected chi connectivity index (χ3v) is 3.75. The van der Waals surface area contributed by atoms with E-state index in [0.717, 1.165) is 24.1 Å². The molecule has 0 aliphatic heterocycles. The summed E-state index contributed by atoms with van der Waals surface area (Å²) in [6.07, 6.45) is 2.62. The van der Waals surface area contributed by atoms with Gasteiger partial charge in [-0.05, 0) is 11.3 Å². The van der Waals surface area contributed by atoms with Crippen molar-refractivity contribution in [1.82, 2.24) is 14.8 Å². The van der Waals surface area contributed by atoms with Gasteiger partial charge in [-0.3, -0.25) is 0 Å². The molecule has 0 saturated carbocycles. The maximum absolute atomic E-state index is 4.33. The molecule has 0 aliphatic carbocycles. The normalized spacial score (nSPS) is 12.4. The van der Waals surface area contributed by atoms with Crippen LogP contribution < -0.4 is 0 Å². The fraction of sp³-hybridized carbons (Fsp3) is 0.818. The Kier molecular flexibility index (Phi) is 4.32. The summed E-state index contributed by atoms with van der Waals surface area (Å²) >= 11 is 3.53. The van der Waals surface area contributed by atoms with E-state index in [1.807, 2.05) is 4.68 Å². The number of alkyl halides is 1. The molecule has 15 heavy (non-hydrogen) atoms. The lowest BCUT2D eigenvalue weighted by molar-refractivity contribution is 0.384. The molecule has 1 heterocycles. The number of hydrogen-bond acceptors (Lipinski definition) is 2. The molecule has 0 saturated heterocycles. The van der Waals surface area contributed by atoms with Gasteiger partial charge in [-0.2, -0.15) is 5.10 Å². The molecule has 3 nitrogen and oxygen atoms in total. The van der Waals surface area contributed by atoms with Crippen molar-refractivity contribution < 1.29 is 0 Å². The van der Waals surface area contributed by atoms with Crippen molar-refractivity contribution in [1.29, 1.82) is 0 Å². The maximum Gasteiger partial charge on any atom is 0.138 e. The zero-order chi connectivity index (χ0) is 11.5. The average molecular weight is 274 g/mol. The Morgan fingerprint density at radius 1 is 1.47 bits per heavy atom. The molecule has 1 rings (SSSR count). The van der Waals surface area contributed by atoms with Crippen molar-refractivity contribution in [2.45, 2.75) is 40.7 Å². The first-order valence-electron chi connectivity index (χ1n) is 5.37. The fourth-order valence-corrected chi connectivity index (χ4v) is 1.60. The summed E-state index contributed by atoms with van der Waals surface area (Å²) in [5, 5.41) is 5.25. The molecule has 0 aromatic carbocycles. The van der Waals surface area contributed by atoms with Crippen molar-refractivity contribution in [2.75, 3.05) is 5.33 Å². The third-order valence-electron chi connectivity index (χ3n) is 2.23. The van der Waals surface area contributed by atoms with Crippen molar-refractivity contribution in [3.8, 4) is 0 Å². The van der Waals surface area contributed by atoms with Gasteiger partial charge < -0.3 is 0 Å². The molecule has 0 unspecified atom stereocenters. The van der Waals surface area contributed by atoms with Crippen LogP contribution in [0.5, 0.6) is 0 Å². The Hall–Kier alpha value is -0.380. The summed E-state index contributed by atoms with van der Waals surface area (Å²) in [6, 6.07) is 0. The highest BCUT2D eigenvalue weighted by atomic mass is 79.9. The molecule has 1 aromatic rings. The van der Waals surface area contributed by atoms with Gasteiger partial charge in [0.1, 0.15) is 12.2 Å². The summed E-state index contributed by atoms with van der Waals surface area (Å²) in [5.41, 5.74) is 0.238. The van der Waals surface area contributed by atoms with Gasteiger partial charge in [-0.1, -0.05) is 43.6 Å². The van der Waals surface area contributed by atoms with Crippen LogP contribution in [-0.4, -0.2) is 20.1 Å². The van der Waals surface area contributed by atoms with Crippen LogP contribution in [0, 0.1) is 11.3 Å². The number of hydrogen-bond donors (Lipinski definition) is 0. The Labute approximate surface area is 100 Å². The summed E-state index contributed by atoms with van der Waals surface area (Å²) < 4.78 is 2.02. The number of aromatic nitrogens is 3. The minimum atomic E-state index is 0.238. The molecule has 0 atom stereocenters. The van der Waals surface area contributed by atoms with Crippen molar-refractivity contribution >= 4 is 15.9 Å². The summed E-state index contributed by atoms with van der Waals surface area (Å²) in [5.74, 6) is 1.70. The maximum atomic E-state index is 4.33. The van der Waals surface area contributed by atoms with E-state index in [4.69, 9.17) is 0 Å². The number of nitrogens with zero attached hydrogens (tertiary/aromatic N) is 3. The number of rotatable bonds is 5. The topological polar surface area (TPSA) is 30.7 Å². The van der Waals surface area contributed by atoms with Gasteiger partial charge in [-0.25, -0.2) is 9.67 Å². The second-order valence-corrected chi connectivity index (χ2v) is 5.79. The van der Waals surface area contributed by atoms with Crippen LogP contribution in [0.3, 0.4) is 0 Å². The van der Waals surface area contributed by atoms with Gasteiger partial charge in [-0.15, -0.1) is 0 Å². The Bertz CT molecular complexity index is 305. The highest BCUT2D eigenvalue weighted by molar-refractivity contribution is 9.09. The van der Waals surface area contributed by atoms with Gasteiger partial charge in [0.05, 0.1) is 0 Å². The van der Waals surface area contributed by atoms with Gasteiger partial charge in [0.15, 0.2) is 0 Å². The van der Waals surface area contributed by atoms with Crippen LogP contribution in [0.1, 0.15) is 33.5 Å². The summed E-state index contributed by atoms with van der Waals surface area (Å²) in [4.78, 5) is 4.33. The molecule has 1 aromatic heterocycles.